The van der Waals surface area contributed by atoms with Crippen LogP contribution in [0.3, 0.4) is 0 Å². The van der Waals surface area contributed by atoms with Gasteiger partial charge in [-0.1, -0.05) is 18.2 Å². The van der Waals surface area contributed by atoms with Gasteiger partial charge in [0.25, 0.3) is 0 Å². The fraction of sp³-hybridized carbons (Fsp3) is 0.407. The number of likely N-dealkylation sites (tertiary alicyclic amines) is 1. The van der Waals surface area contributed by atoms with Crippen molar-refractivity contribution in [3.63, 3.8) is 0 Å². The number of benzene rings is 2. The van der Waals surface area contributed by atoms with E-state index in [1.807, 2.05) is 18.3 Å². The van der Waals surface area contributed by atoms with Gasteiger partial charge in [0.2, 0.25) is 5.91 Å². The normalized spacial score (nSPS) is 25.5. The van der Waals surface area contributed by atoms with Gasteiger partial charge in [0.1, 0.15) is 0 Å². The van der Waals surface area contributed by atoms with Crippen LogP contribution < -0.4 is 5.73 Å². The maximum absolute atomic E-state index is 11.6. The monoisotopic (exact) mass is 426 g/mol. The number of carbonyl (C=O) groups excluding carboxylic acids is 1. The van der Waals surface area contributed by atoms with Gasteiger partial charge in [-0.15, -0.1) is 0 Å². The lowest BCUT2D eigenvalue weighted by Crippen LogP contribution is -2.48. The fourth-order valence-electron chi connectivity index (χ4n) is 6.07. The van der Waals surface area contributed by atoms with Gasteiger partial charge in [-0.05, 0) is 91.9 Å². The van der Waals surface area contributed by atoms with E-state index in [1.165, 1.54) is 33.2 Å². The molecule has 1 aliphatic heterocycles. The summed E-state index contributed by atoms with van der Waals surface area (Å²) in [7, 11) is 0. The molecule has 2 heterocycles. The van der Waals surface area contributed by atoms with Crippen LogP contribution in [0.1, 0.15) is 64.3 Å². The van der Waals surface area contributed by atoms with Crippen LogP contribution in [0.4, 0.5) is 0 Å². The number of aromatic nitrogens is 1. The van der Waals surface area contributed by atoms with Crippen LogP contribution >= 0.6 is 0 Å². The molecule has 1 spiro atoms. The highest BCUT2D eigenvalue weighted by atomic mass is 16.1. The lowest BCUT2D eigenvalue weighted by atomic mass is 9.56. The molecule has 32 heavy (non-hydrogen) atoms. The Balaban J connectivity index is 1.48. The molecule has 3 aromatic rings. The first-order valence-electron chi connectivity index (χ1n) is 11.5. The summed E-state index contributed by atoms with van der Waals surface area (Å²) in [5.74, 6) is -0.187. The third kappa shape index (κ3) is 3.49. The van der Waals surface area contributed by atoms with E-state index in [2.05, 4.69) is 54.1 Å². The first kappa shape index (κ1) is 20.8. The molecule has 1 amide bonds. The molecule has 1 atom stereocenters. The van der Waals surface area contributed by atoms with Gasteiger partial charge < -0.3 is 10.7 Å². The van der Waals surface area contributed by atoms with Crippen molar-refractivity contribution < 1.29 is 4.79 Å². The van der Waals surface area contributed by atoms with Crippen molar-refractivity contribution in [1.29, 1.82) is 5.26 Å². The molecular formula is C27H30N4O. The minimum Gasteiger partial charge on any atom is -0.366 e. The SMILES string of the molecule is Cc1cc(C)c2[nH]ccc2c1CN1CCC2(CC(C#N)C2)CC1c1ccc(C(N)=O)cc1. The van der Waals surface area contributed by atoms with Gasteiger partial charge in [0.05, 0.1) is 6.07 Å². The van der Waals surface area contributed by atoms with Crippen LogP contribution in [-0.4, -0.2) is 22.3 Å². The largest absolute Gasteiger partial charge is 0.366 e. The molecule has 2 aliphatic rings. The number of nitriles is 1. The Labute approximate surface area is 189 Å². The minimum atomic E-state index is -0.394. The summed E-state index contributed by atoms with van der Waals surface area (Å²) in [4.78, 5) is 17.6. The van der Waals surface area contributed by atoms with Crippen LogP contribution in [0.25, 0.3) is 10.9 Å². The Morgan fingerprint density at radius 2 is 1.94 bits per heavy atom. The summed E-state index contributed by atoms with van der Waals surface area (Å²) in [6.45, 7) is 6.27. The Morgan fingerprint density at radius 1 is 1.19 bits per heavy atom. The molecule has 0 bridgehead atoms. The Hall–Kier alpha value is -3.10. The number of amides is 1. The van der Waals surface area contributed by atoms with E-state index in [0.29, 0.717) is 5.56 Å². The summed E-state index contributed by atoms with van der Waals surface area (Å²) in [5.41, 5.74) is 12.7. The molecule has 5 rings (SSSR count). The van der Waals surface area contributed by atoms with E-state index in [-0.39, 0.29) is 17.4 Å². The van der Waals surface area contributed by atoms with Crippen LogP contribution in [0, 0.1) is 36.5 Å². The van der Waals surface area contributed by atoms with Crippen molar-refractivity contribution in [2.45, 2.75) is 52.1 Å². The third-order valence-corrected chi connectivity index (χ3v) is 7.85. The predicted octanol–water partition coefficient (Wildman–Crippen LogP) is 5.14. The van der Waals surface area contributed by atoms with Gasteiger partial charge in [0.15, 0.2) is 0 Å². The van der Waals surface area contributed by atoms with Crippen LogP contribution in [-0.2, 0) is 6.54 Å². The number of aryl methyl sites for hydroxylation is 2. The van der Waals surface area contributed by atoms with Crippen LogP contribution in [0.15, 0.2) is 42.6 Å². The van der Waals surface area contributed by atoms with Gasteiger partial charge in [0, 0.05) is 41.2 Å². The van der Waals surface area contributed by atoms with Crippen molar-refractivity contribution in [2.24, 2.45) is 17.1 Å². The van der Waals surface area contributed by atoms with Crippen molar-refractivity contribution >= 4 is 16.8 Å². The van der Waals surface area contributed by atoms with Crippen molar-refractivity contribution in [3.05, 3.63) is 70.4 Å². The maximum Gasteiger partial charge on any atom is 0.248 e. The molecule has 3 N–H and O–H groups in total. The van der Waals surface area contributed by atoms with E-state index in [4.69, 9.17) is 5.73 Å². The highest BCUT2D eigenvalue weighted by molar-refractivity contribution is 5.92. The molecule has 1 saturated heterocycles. The zero-order valence-electron chi connectivity index (χ0n) is 18.8. The molecule has 2 fully saturated rings. The standard InChI is InChI=1S/C27H30N4O/c1-17-11-18(2)25-22(7-9-30-25)23(17)16-31-10-8-27(12-19(13-27)15-28)14-24(31)20-3-5-21(6-4-20)26(29)32/h3-7,9,11,19,24,30H,8,10,12-14,16H2,1-2H3,(H2,29,32). The maximum atomic E-state index is 11.6. The lowest BCUT2D eigenvalue weighted by Gasteiger charge is -2.53. The van der Waals surface area contributed by atoms with E-state index in [0.717, 1.165) is 38.8 Å². The average Bonchev–Trinajstić information content (AvgIpc) is 3.25. The first-order valence-corrected chi connectivity index (χ1v) is 11.5. The van der Waals surface area contributed by atoms with Crippen LogP contribution in [0.2, 0.25) is 0 Å². The molecule has 0 radical (unpaired) electrons. The molecule has 1 saturated carbocycles. The summed E-state index contributed by atoms with van der Waals surface area (Å²) in [6, 6.07) is 15.0. The number of nitrogens with one attached hydrogen (secondary N) is 1. The summed E-state index contributed by atoms with van der Waals surface area (Å²) in [6.07, 6.45) is 6.25. The Morgan fingerprint density at radius 3 is 2.62 bits per heavy atom. The second-order valence-corrected chi connectivity index (χ2v) is 9.92. The topological polar surface area (TPSA) is 85.9 Å². The third-order valence-electron chi connectivity index (χ3n) is 7.85. The molecule has 2 aromatic carbocycles. The number of piperidine rings is 1. The first-order chi connectivity index (χ1) is 15.4. The van der Waals surface area contributed by atoms with E-state index in [9.17, 15) is 10.1 Å². The number of H-pyrrole nitrogens is 1. The Bertz CT molecular complexity index is 1210. The summed E-state index contributed by atoms with van der Waals surface area (Å²) >= 11 is 0. The van der Waals surface area contributed by atoms with Gasteiger partial charge >= 0.3 is 0 Å². The lowest BCUT2D eigenvalue weighted by molar-refractivity contribution is -0.0297. The predicted molar refractivity (Wildman–Crippen MR) is 126 cm³/mol. The second-order valence-electron chi connectivity index (χ2n) is 9.92. The number of hydrogen-bond acceptors (Lipinski definition) is 3. The molecule has 5 heteroatoms. The molecular weight excluding hydrogens is 396 g/mol. The molecule has 1 unspecified atom stereocenters. The zero-order valence-corrected chi connectivity index (χ0v) is 18.8. The highest BCUT2D eigenvalue weighted by Gasteiger charge is 2.49. The summed E-state index contributed by atoms with van der Waals surface area (Å²) < 4.78 is 0. The number of aromatic amines is 1. The molecule has 5 nitrogen and oxygen atoms in total. The number of nitrogens with zero attached hydrogens (tertiary/aromatic N) is 2. The summed E-state index contributed by atoms with van der Waals surface area (Å²) in [5, 5.41) is 10.6. The zero-order chi connectivity index (χ0) is 22.5. The van der Waals surface area contributed by atoms with E-state index < -0.39 is 5.91 Å². The quantitative estimate of drug-likeness (QED) is 0.606. The van der Waals surface area contributed by atoms with Crippen molar-refractivity contribution in [3.8, 4) is 6.07 Å². The number of nitrogens with two attached hydrogens (primary N) is 1. The second kappa shape index (κ2) is 7.79. The van der Waals surface area contributed by atoms with Gasteiger partial charge in [-0.25, -0.2) is 0 Å². The number of carbonyl (C=O) groups is 1. The van der Waals surface area contributed by atoms with E-state index >= 15 is 0 Å². The molecule has 1 aliphatic carbocycles. The van der Waals surface area contributed by atoms with E-state index in [1.54, 1.807) is 0 Å². The number of rotatable bonds is 4. The minimum absolute atomic E-state index is 0.207. The van der Waals surface area contributed by atoms with Crippen LogP contribution in [0.5, 0.6) is 0 Å². The number of fused-ring (bicyclic) bond motifs is 1. The number of hydrogen-bond donors (Lipinski definition) is 2. The fourth-order valence-corrected chi connectivity index (χ4v) is 6.07. The van der Waals surface area contributed by atoms with Crippen molar-refractivity contribution in [2.75, 3.05) is 6.54 Å². The van der Waals surface area contributed by atoms with Crippen molar-refractivity contribution in [1.82, 2.24) is 9.88 Å². The smallest absolute Gasteiger partial charge is 0.248 e. The number of primary amides is 1. The van der Waals surface area contributed by atoms with Gasteiger partial charge in [-0.3, -0.25) is 9.69 Å². The highest BCUT2D eigenvalue weighted by Crippen LogP contribution is 2.56. The Kier molecular flexibility index (Phi) is 5.06. The molecule has 1 aromatic heterocycles. The van der Waals surface area contributed by atoms with Gasteiger partial charge in [-0.2, -0.15) is 5.26 Å². The average molecular weight is 427 g/mol. The molecule has 164 valence electrons.